The Morgan fingerprint density at radius 3 is 2.02 bits per heavy atom. The fraction of sp³-hybridized carbons (Fsp3) is 0.0938. The molecule has 232 valence electrons. The molecule has 0 saturated heterocycles. The highest BCUT2D eigenvalue weighted by molar-refractivity contribution is 6.31. The number of aryl methyl sites for hydroxylation is 1. The number of ether oxygens (including phenoxy) is 1. The third-order valence-electron chi connectivity index (χ3n) is 6.11. The van der Waals surface area contributed by atoms with Gasteiger partial charge < -0.3 is 26.2 Å². The van der Waals surface area contributed by atoms with Crippen molar-refractivity contribution in [2.45, 2.75) is 19.4 Å². The Morgan fingerprint density at radius 1 is 0.867 bits per heavy atom. The highest BCUT2D eigenvalue weighted by Crippen LogP contribution is 2.26. The van der Waals surface area contributed by atoms with Crippen LogP contribution in [0.1, 0.15) is 38.3 Å². The average Bonchev–Trinajstić information content (AvgIpc) is 3.00. The van der Waals surface area contributed by atoms with Crippen molar-refractivity contribution in [1.29, 1.82) is 0 Å². The van der Waals surface area contributed by atoms with E-state index in [4.69, 9.17) is 37.4 Å². The molecule has 0 aliphatic carbocycles. The van der Waals surface area contributed by atoms with E-state index in [0.717, 1.165) is 5.56 Å². The predicted octanol–water partition coefficient (Wildman–Crippen LogP) is 5.17. The number of carbonyl (C=O) groups excluding carboxylic acids is 4. The summed E-state index contributed by atoms with van der Waals surface area (Å²) < 4.78 is 5.45. The summed E-state index contributed by atoms with van der Waals surface area (Å²) in [4.78, 5) is 59.0. The number of carboxylic acids is 1. The first-order valence-electron chi connectivity index (χ1n) is 13.0. The lowest BCUT2D eigenvalue weighted by molar-refractivity contribution is -0.191. The monoisotopic (exact) mass is 650 g/mol. The number of nitrogens with zero attached hydrogens (tertiary/aromatic N) is 2. The maximum Gasteiger partial charge on any atom is 0.373 e. The van der Waals surface area contributed by atoms with Crippen molar-refractivity contribution >= 4 is 65.3 Å². The van der Waals surface area contributed by atoms with Gasteiger partial charge in [-0.2, -0.15) is 9.59 Å². The van der Waals surface area contributed by atoms with Gasteiger partial charge in [0.1, 0.15) is 5.75 Å². The molecule has 0 spiro atoms. The van der Waals surface area contributed by atoms with Crippen molar-refractivity contribution in [1.82, 2.24) is 0 Å². The lowest BCUT2D eigenvalue weighted by Gasteiger charge is -2.23. The van der Waals surface area contributed by atoms with E-state index in [1.54, 1.807) is 53.4 Å². The first-order valence-corrected chi connectivity index (χ1v) is 13.4. The Bertz CT molecular complexity index is 1670. The second-order valence-corrected chi connectivity index (χ2v) is 9.53. The van der Waals surface area contributed by atoms with Gasteiger partial charge in [-0.15, -0.1) is 12.4 Å². The third kappa shape index (κ3) is 10.9. The van der Waals surface area contributed by atoms with Crippen LogP contribution in [0.25, 0.3) is 0 Å². The molecule has 5 N–H and O–H groups in total. The highest BCUT2D eigenvalue weighted by atomic mass is 35.5. The molecule has 4 rings (SSSR count). The van der Waals surface area contributed by atoms with Crippen molar-refractivity contribution in [3.8, 4) is 5.75 Å². The molecule has 0 fully saturated rings. The summed E-state index contributed by atoms with van der Waals surface area (Å²) in [7, 11) is 0. The minimum absolute atomic E-state index is 0. The van der Waals surface area contributed by atoms with Crippen LogP contribution >= 0.6 is 24.0 Å². The van der Waals surface area contributed by atoms with Gasteiger partial charge in [0.25, 0.3) is 0 Å². The van der Waals surface area contributed by atoms with Gasteiger partial charge in [0, 0.05) is 17.1 Å². The average molecular weight is 652 g/mol. The van der Waals surface area contributed by atoms with Gasteiger partial charge in [-0.3, -0.25) is 4.79 Å². The van der Waals surface area contributed by atoms with E-state index < -0.39 is 11.9 Å². The number of carbonyl (C=O) groups is 3. The fourth-order valence-corrected chi connectivity index (χ4v) is 4.30. The minimum atomic E-state index is -1.04. The number of carboxylic acid groups (broad SMARTS) is 1. The van der Waals surface area contributed by atoms with Crippen molar-refractivity contribution in [3.05, 3.63) is 124 Å². The molecule has 45 heavy (non-hydrogen) atoms. The maximum atomic E-state index is 13.4. The van der Waals surface area contributed by atoms with E-state index >= 15 is 0 Å². The molecule has 0 heterocycles. The molecular weight excluding hydrogens is 623 g/mol. The summed E-state index contributed by atoms with van der Waals surface area (Å²) in [5, 5.41) is 9.58. The van der Waals surface area contributed by atoms with Crippen LogP contribution in [0.15, 0.2) is 102 Å². The van der Waals surface area contributed by atoms with Crippen LogP contribution < -0.4 is 21.1 Å². The van der Waals surface area contributed by atoms with Crippen LogP contribution in [-0.4, -0.2) is 35.1 Å². The number of nitrogens with two attached hydrogens (primary N) is 2. The zero-order valence-electron chi connectivity index (χ0n) is 23.6. The number of aromatic carboxylic acids is 1. The smallest absolute Gasteiger partial charge is 0.373 e. The summed E-state index contributed by atoms with van der Waals surface area (Å²) in [6.07, 6.45) is 0.741. The van der Waals surface area contributed by atoms with E-state index in [0.29, 0.717) is 40.5 Å². The lowest BCUT2D eigenvalue weighted by Crippen LogP contribution is -2.30. The standard InChI is InChI=1S/C31H27ClN4O5.CO2.ClH/c32-27-18-26(41-30(40)23-6-12-24(13-7-23)35-31(33)34)16-10-21(27)11-17-28(37)36(19-20-4-2-1-3-5-20)25-14-8-22(9-15-25)29(38)39;2-1-3;/h1-10,12-16,18H,11,17,19H2,(H,38,39)(H4,33,34,35);;1H. The molecule has 13 heteroatoms. The minimum Gasteiger partial charge on any atom is -0.478 e. The molecule has 0 bridgehead atoms. The third-order valence-corrected chi connectivity index (χ3v) is 6.47. The number of anilines is 1. The number of benzene rings is 4. The Hall–Kier alpha value is -5.48. The topological polar surface area (TPSA) is 182 Å². The van der Waals surface area contributed by atoms with Gasteiger partial charge in [0.15, 0.2) is 5.96 Å². The molecule has 0 saturated carbocycles. The number of amides is 1. The summed E-state index contributed by atoms with van der Waals surface area (Å²) in [5.74, 6) is -1.61. The Kier molecular flexibility index (Phi) is 14.0. The quantitative estimate of drug-likeness (QED) is 0.0902. The molecular formula is C32H28Cl2N4O7. The molecule has 0 atom stereocenters. The van der Waals surface area contributed by atoms with Crippen molar-refractivity contribution < 1.29 is 33.8 Å². The summed E-state index contributed by atoms with van der Waals surface area (Å²) in [6.45, 7) is 0.321. The fourth-order valence-electron chi connectivity index (χ4n) is 4.03. The number of halogens is 2. The first kappa shape index (κ1) is 35.7. The Balaban J connectivity index is 0.00000169. The second kappa shape index (κ2) is 17.6. The molecule has 0 radical (unpaired) electrons. The normalized spacial score (nSPS) is 9.71. The zero-order valence-corrected chi connectivity index (χ0v) is 25.2. The van der Waals surface area contributed by atoms with Gasteiger partial charge in [-0.1, -0.05) is 48.0 Å². The van der Waals surface area contributed by atoms with Crippen molar-refractivity contribution in [2.24, 2.45) is 16.5 Å². The van der Waals surface area contributed by atoms with Gasteiger partial charge >= 0.3 is 18.1 Å². The number of hydrogen-bond donors (Lipinski definition) is 3. The molecule has 0 aromatic heterocycles. The van der Waals surface area contributed by atoms with Gasteiger partial charge in [-0.05, 0) is 78.2 Å². The summed E-state index contributed by atoms with van der Waals surface area (Å²) >= 11 is 6.47. The molecule has 11 nitrogen and oxygen atoms in total. The van der Waals surface area contributed by atoms with Crippen molar-refractivity contribution in [3.63, 3.8) is 0 Å². The maximum absolute atomic E-state index is 13.4. The SMILES string of the molecule is Cl.NC(N)=Nc1ccc(C(=O)Oc2ccc(CCC(=O)N(Cc3ccccc3)c3ccc(C(=O)O)cc3)c(Cl)c2)cc1.O=C=O. The van der Waals surface area contributed by atoms with E-state index in [1.165, 1.54) is 18.2 Å². The first-order chi connectivity index (χ1) is 21.1. The summed E-state index contributed by atoms with van der Waals surface area (Å²) in [5.41, 5.74) is 13.9. The van der Waals surface area contributed by atoms with Crippen molar-refractivity contribution in [2.75, 3.05) is 4.90 Å². The van der Waals surface area contributed by atoms with Crippen LogP contribution in [0.2, 0.25) is 5.02 Å². The van der Waals surface area contributed by atoms with Gasteiger partial charge in [0.05, 0.1) is 23.4 Å². The van der Waals surface area contributed by atoms with Crippen LogP contribution in [0, 0.1) is 0 Å². The molecule has 0 unspecified atom stereocenters. The number of aliphatic imine (C=N–C) groups is 1. The van der Waals surface area contributed by atoms with E-state index in [9.17, 15) is 19.5 Å². The van der Waals surface area contributed by atoms with Crippen LogP contribution in [0.4, 0.5) is 11.4 Å². The van der Waals surface area contributed by atoms with Crippen LogP contribution in [0.3, 0.4) is 0 Å². The number of guanidine groups is 1. The molecule has 4 aromatic carbocycles. The Morgan fingerprint density at radius 2 is 1.47 bits per heavy atom. The van der Waals surface area contributed by atoms with Gasteiger partial charge in [-0.25, -0.2) is 14.6 Å². The zero-order chi connectivity index (χ0) is 32.1. The van der Waals surface area contributed by atoms with Crippen LogP contribution in [0.5, 0.6) is 5.75 Å². The predicted molar refractivity (Wildman–Crippen MR) is 170 cm³/mol. The number of rotatable bonds is 10. The van der Waals surface area contributed by atoms with E-state index in [2.05, 4.69) is 4.99 Å². The summed E-state index contributed by atoms with van der Waals surface area (Å²) in [6, 6.07) is 26.8. The lowest BCUT2D eigenvalue weighted by atomic mass is 10.1. The highest BCUT2D eigenvalue weighted by Gasteiger charge is 2.18. The van der Waals surface area contributed by atoms with E-state index in [-0.39, 0.29) is 48.2 Å². The molecule has 1 amide bonds. The Labute approximate surface area is 269 Å². The number of hydrogen-bond acceptors (Lipinski definition) is 7. The molecule has 0 aliphatic heterocycles. The van der Waals surface area contributed by atoms with Gasteiger partial charge in [0.2, 0.25) is 5.91 Å². The van der Waals surface area contributed by atoms with E-state index in [1.807, 2.05) is 30.3 Å². The second-order valence-electron chi connectivity index (χ2n) is 9.13. The molecule has 0 aliphatic rings. The largest absolute Gasteiger partial charge is 0.478 e. The molecule has 4 aromatic rings. The number of esters is 1. The van der Waals surface area contributed by atoms with Crippen LogP contribution in [-0.2, 0) is 27.3 Å².